The topological polar surface area (TPSA) is 78.9 Å². The molecule has 0 bridgehead atoms. The van der Waals surface area contributed by atoms with Crippen LogP contribution in [0, 0.1) is 0 Å². The minimum atomic E-state index is -0.771. The molecule has 0 aromatic heterocycles. The lowest BCUT2D eigenvalue weighted by atomic mass is 10.0. The number of hydrogen-bond donors (Lipinski definition) is 0. The van der Waals surface area contributed by atoms with Gasteiger partial charge in [-0.3, -0.25) is 14.4 Å². The second-order valence-electron chi connectivity index (χ2n) is 22.4. The number of hydrogen-bond acceptors (Lipinski definition) is 6. The Kier molecular flexibility index (Phi) is 62.7. The second-order valence-corrected chi connectivity index (χ2v) is 22.4. The van der Waals surface area contributed by atoms with Crippen LogP contribution >= 0.6 is 0 Å². The molecule has 6 heteroatoms. The van der Waals surface area contributed by atoms with Gasteiger partial charge in [-0.15, -0.1) is 0 Å². The number of carbonyl (C=O) groups is 3. The van der Waals surface area contributed by atoms with Crippen LogP contribution in [0.15, 0.2) is 72.9 Å². The molecule has 0 spiro atoms. The lowest BCUT2D eigenvalue weighted by Gasteiger charge is -2.18. The summed E-state index contributed by atoms with van der Waals surface area (Å²) in [5.41, 5.74) is 0. The van der Waals surface area contributed by atoms with Crippen LogP contribution in [0.25, 0.3) is 0 Å². The molecular formula is C71H126O6. The van der Waals surface area contributed by atoms with Crippen LogP contribution in [0.2, 0.25) is 0 Å². The maximum absolute atomic E-state index is 12.9. The fourth-order valence-electron chi connectivity index (χ4n) is 9.74. The zero-order chi connectivity index (χ0) is 55.7. The molecule has 0 aliphatic heterocycles. The summed E-state index contributed by atoms with van der Waals surface area (Å²) in [7, 11) is 0. The average molecular weight is 1080 g/mol. The standard InChI is InChI=1S/C71H126O6/c1-4-7-10-13-16-18-20-22-24-26-28-30-31-32-33-34-35-36-37-38-39-41-42-44-46-48-50-52-55-58-61-64-70(73)76-67-68(66-75-69(72)63-60-57-54-15-12-9-6-3)77-71(74)65-62-59-56-53-51-49-47-45-43-40-29-27-25-23-21-19-17-14-11-8-5-2/h7,10,16,18,22,24,28,30,32-33,35-36,68H,4-6,8-9,11-15,17,19-21,23,25-27,29,31,34,37-67H2,1-3H3/b10-7-,18-16-,24-22-,30-28-,33-32-,36-35-. The molecule has 0 aliphatic carbocycles. The largest absolute Gasteiger partial charge is 0.462 e. The molecule has 446 valence electrons. The fraction of sp³-hybridized carbons (Fsp3) is 0.789. The lowest BCUT2D eigenvalue weighted by Crippen LogP contribution is -2.30. The first kappa shape index (κ1) is 73.8. The van der Waals surface area contributed by atoms with E-state index in [1.165, 1.54) is 205 Å². The van der Waals surface area contributed by atoms with Crippen LogP contribution in [0.1, 0.15) is 342 Å². The van der Waals surface area contributed by atoms with Gasteiger partial charge in [-0.1, -0.05) is 325 Å². The van der Waals surface area contributed by atoms with Crippen molar-refractivity contribution >= 4 is 17.9 Å². The molecule has 0 fully saturated rings. The number of allylic oxidation sites excluding steroid dienone is 12. The van der Waals surface area contributed by atoms with Crippen LogP contribution in [-0.4, -0.2) is 37.2 Å². The highest BCUT2D eigenvalue weighted by atomic mass is 16.6. The minimum Gasteiger partial charge on any atom is -0.462 e. The molecule has 0 saturated carbocycles. The summed E-state index contributed by atoms with van der Waals surface area (Å²) < 4.78 is 16.9. The molecule has 0 aromatic carbocycles. The summed E-state index contributed by atoms with van der Waals surface area (Å²) >= 11 is 0. The molecule has 0 radical (unpaired) electrons. The molecule has 1 unspecified atom stereocenters. The summed E-state index contributed by atoms with van der Waals surface area (Å²) in [6.07, 6.45) is 85.2. The van der Waals surface area contributed by atoms with E-state index < -0.39 is 6.10 Å². The Morgan fingerprint density at radius 1 is 0.273 bits per heavy atom. The van der Waals surface area contributed by atoms with E-state index in [1.54, 1.807) is 0 Å². The number of unbranched alkanes of at least 4 members (excludes halogenated alkanes) is 38. The molecule has 0 amide bonds. The Hall–Kier alpha value is -3.15. The first-order chi connectivity index (χ1) is 38.0. The van der Waals surface area contributed by atoms with Gasteiger partial charge in [0.1, 0.15) is 13.2 Å². The van der Waals surface area contributed by atoms with Crippen molar-refractivity contribution in [2.75, 3.05) is 13.2 Å². The second kappa shape index (κ2) is 65.4. The molecule has 0 aliphatic rings. The zero-order valence-electron chi connectivity index (χ0n) is 51.2. The number of carbonyl (C=O) groups excluding carboxylic acids is 3. The number of ether oxygens (including phenoxy) is 3. The van der Waals surface area contributed by atoms with Gasteiger partial charge in [-0.05, 0) is 70.6 Å². The highest BCUT2D eigenvalue weighted by Crippen LogP contribution is 2.18. The Bertz CT molecular complexity index is 1420. The molecule has 0 saturated heterocycles. The average Bonchev–Trinajstić information content (AvgIpc) is 3.43. The van der Waals surface area contributed by atoms with Crippen molar-refractivity contribution in [3.05, 3.63) is 72.9 Å². The van der Waals surface area contributed by atoms with Crippen LogP contribution < -0.4 is 0 Å². The minimum absolute atomic E-state index is 0.0707. The first-order valence-corrected chi connectivity index (χ1v) is 33.4. The predicted octanol–water partition coefficient (Wildman–Crippen LogP) is 22.9. The van der Waals surface area contributed by atoms with Crippen molar-refractivity contribution < 1.29 is 28.6 Å². The summed E-state index contributed by atoms with van der Waals surface area (Å²) in [6, 6.07) is 0. The number of esters is 3. The van der Waals surface area contributed by atoms with Crippen molar-refractivity contribution in [3.63, 3.8) is 0 Å². The van der Waals surface area contributed by atoms with E-state index in [4.69, 9.17) is 14.2 Å². The molecule has 1 atom stereocenters. The van der Waals surface area contributed by atoms with Crippen molar-refractivity contribution in [1.29, 1.82) is 0 Å². The Labute approximate surface area is 478 Å². The van der Waals surface area contributed by atoms with E-state index in [-0.39, 0.29) is 31.1 Å². The van der Waals surface area contributed by atoms with Gasteiger partial charge in [-0.2, -0.15) is 0 Å². The fourth-order valence-corrected chi connectivity index (χ4v) is 9.74. The van der Waals surface area contributed by atoms with E-state index in [2.05, 4.69) is 93.7 Å². The highest BCUT2D eigenvalue weighted by Gasteiger charge is 2.19. The van der Waals surface area contributed by atoms with Gasteiger partial charge < -0.3 is 14.2 Å². The molecule has 0 heterocycles. The summed E-state index contributed by atoms with van der Waals surface area (Å²) in [5, 5.41) is 0. The third-order valence-electron chi connectivity index (χ3n) is 14.7. The van der Waals surface area contributed by atoms with Crippen LogP contribution in [-0.2, 0) is 28.6 Å². The smallest absolute Gasteiger partial charge is 0.306 e. The molecular weight excluding hydrogens is 949 g/mol. The van der Waals surface area contributed by atoms with Crippen molar-refractivity contribution in [3.8, 4) is 0 Å². The van der Waals surface area contributed by atoms with Crippen molar-refractivity contribution in [1.82, 2.24) is 0 Å². The molecule has 6 nitrogen and oxygen atoms in total. The van der Waals surface area contributed by atoms with Gasteiger partial charge >= 0.3 is 17.9 Å². The SMILES string of the molecule is CC/C=C\C/C=C\C/C=C\C/C=C\C/C=C\C/C=C\CCCCCCCCCCCCCCC(=O)OCC(COC(=O)CCCCCCCCC)OC(=O)CCCCCCCCCCCCCCCCCCCCCCC. The van der Waals surface area contributed by atoms with E-state index in [9.17, 15) is 14.4 Å². The van der Waals surface area contributed by atoms with Gasteiger partial charge in [0.05, 0.1) is 0 Å². The number of rotatable bonds is 61. The monoisotopic (exact) mass is 1070 g/mol. The van der Waals surface area contributed by atoms with E-state index in [1.807, 2.05) is 0 Å². The van der Waals surface area contributed by atoms with E-state index in [0.29, 0.717) is 19.3 Å². The van der Waals surface area contributed by atoms with Gasteiger partial charge in [-0.25, -0.2) is 0 Å². The van der Waals surface area contributed by atoms with Crippen molar-refractivity contribution in [2.45, 2.75) is 348 Å². The summed E-state index contributed by atoms with van der Waals surface area (Å²) in [5.74, 6) is -0.861. The third kappa shape index (κ3) is 63.6. The molecule has 0 N–H and O–H groups in total. The normalized spacial score (nSPS) is 12.5. The highest BCUT2D eigenvalue weighted by molar-refractivity contribution is 5.71. The third-order valence-corrected chi connectivity index (χ3v) is 14.7. The van der Waals surface area contributed by atoms with Crippen LogP contribution in [0.3, 0.4) is 0 Å². The Morgan fingerprint density at radius 2 is 0.506 bits per heavy atom. The lowest BCUT2D eigenvalue weighted by molar-refractivity contribution is -0.167. The summed E-state index contributed by atoms with van der Waals surface area (Å²) in [6.45, 7) is 6.53. The maximum atomic E-state index is 12.9. The van der Waals surface area contributed by atoms with Gasteiger partial charge in [0.25, 0.3) is 0 Å². The Balaban J connectivity index is 4.07. The molecule has 77 heavy (non-hydrogen) atoms. The quantitative estimate of drug-likeness (QED) is 0.0261. The van der Waals surface area contributed by atoms with Gasteiger partial charge in [0.15, 0.2) is 6.10 Å². The summed E-state index contributed by atoms with van der Waals surface area (Å²) in [4.78, 5) is 38.1. The van der Waals surface area contributed by atoms with Crippen molar-refractivity contribution in [2.24, 2.45) is 0 Å². The van der Waals surface area contributed by atoms with Gasteiger partial charge in [0, 0.05) is 19.3 Å². The Morgan fingerprint density at radius 3 is 0.792 bits per heavy atom. The van der Waals surface area contributed by atoms with Crippen LogP contribution in [0.4, 0.5) is 0 Å². The zero-order valence-corrected chi connectivity index (χ0v) is 51.2. The van der Waals surface area contributed by atoms with Gasteiger partial charge in [0.2, 0.25) is 0 Å². The molecule has 0 rings (SSSR count). The predicted molar refractivity (Wildman–Crippen MR) is 335 cm³/mol. The van der Waals surface area contributed by atoms with E-state index in [0.717, 1.165) is 96.3 Å². The maximum Gasteiger partial charge on any atom is 0.306 e. The van der Waals surface area contributed by atoms with E-state index >= 15 is 0 Å². The molecule has 0 aromatic rings. The first-order valence-electron chi connectivity index (χ1n) is 33.4. The van der Waals surface area contributed by atoms with Crippen LogP contribution in [0.5, 0.6) is 0 Å².